The molecule has 0 saturated carbocycles. The second-order valence-electron chi connectivity index (χ2n) is 10.1. The summed E-state index contributed by atoms with van der Waals surface area (Å²) >= 11 is -1.92. The van der Waals surface area contributed by atoms with E-state index in [1.807, 2.05) is 12.1 Å². The van der Waals surface area contributed by atoms with Gasteiger partial charge in [-0.25, -0.2) is 0 Å². The van der Waals surface area contributed by atoms with Crippen molar-refractivity contribution in [3.8, 4) is 0 Å². The minimum atomic E-state index is -1.92. The van der Waals surface area contributed by atoms with Crippen molar-refractivity contribution in [1.82, 2.24) is 0 Å². The first-order valence-electron chi connectivity index (χ1n) is 14.4. The Morgan fingerprint density at radius 2 is 0.973 bits per heavy atom. The molecule has 5 nitrogen and oxygen atoms in total. The van der Waals surface area contributed by atoms with Gasteiger partial charge < -0.3 is 20.8 Å². The topological polar surface area (TPSA) is 46.2 Å². The average molecular weight is 527 g/mol. The zero-order valence-corrected chi connectivity index (χ0v) is 24.0. The van der Waals surface area contributed by atoms with Crippen LogP contribution in [0.3, 0.4) is 0 Å². The number of hydrogen-bond acceptors (Lipinski definition) is 5. The first-order chi connectivity index (χ1) is 18.3. The van der Waals surface area contributed by atoms with E-state index in [9.17, 15) is 0 Å². The minimum Gasteiger partial charge on any atom is -0.636 e. The van der Waals surface area contributed by atoms with E-state index in [-0.39, 0.29) is 12.2 Å². The van der Waals surface area contributed by atoms with Crippen molar-refractivity contribution in [3.63, 3.8) is 0 Å². The van der Waals surface area contributed by atoms with Crippen molar-refractivity contribution in [2.24, 2.45) is 0 Å². The van der Waals surface area contributed by atoms with Gasteiger partial charge in [0.05, 0.1) is 13.2 Å². The Balaban J connectivity index is 1.14. The van der Waals surface area contributed by atoms with Crippen LogP contribution >= 0.6 is 0 Å². The Morgan fingerprint density at radius 3 is 1.41 bits per heavy atom. The molecule has 205 valence electrons. The molecule has 0 amide bonds. The molecule has 1 radical (unpaired) electrons. The predicted octanol–water partition coefficient (Wildman–Crippen LogP) is 7.52. The van der Waals surface area contributed by atoms with Crippen LogP contribution in [0.5, 0.6) is 0 Å². The lowest BCUT2D eigenvalue weighted by molar-refractivity contribution is 0.115. The van der Waals surface area contributed by atoms with Crippen LogP contribution in [0.15, 0.2) is 60.7 Å². The molecule has 0 aromatic heterocycles. The summed E-state index contributed by atoms with van der Waals surface area (Å²) in [6.45, 7) is 3.12. The third-order valence-corrected chi connectivity index (χ3v) is 8.49. The zero-order chi connectivity index (χ0) is 25.8. The summed E-state index contributed by atoms with van der Waals surface area (Å²) in [7, 11) is 1.72. The summed E-state index contributed by atoms with van der Waals surface area (Å²) in [4.78, 5) is 0. The minimum absolute atomic E-state index is 0.215. The Kier molecular flexibility index (Phi) is 16.2. The van der Waals surface area contributed by atoms with Gasteiger partial charge in [0.1, 0.15) is 0 Å². The van der Waals surface area contributed by atoms with Gasteiger partial charge in [-0.3, -0.25) is 0 Å². The van der Waals surface area contributed by atoms with Gasteiger partial charge in [-0.1, -0.05) is 112 Å². The summed E-state index contributed by atoms with van der Waals surface area (Å²) in [5.41, 5.74) is 2.50. The van der Waals surface area contributed by atoms with Crippen LogP contribution in [-0.4, -0.2) is 47.7 Å². The lowest BCUT2D eigenvalue weighted by Crippen LogP contribution is -2.22. The van der Waals surface area contributed by atoms with Crippen molar-refractivity contribution in [2.45, 2.75) is 102 Å². The van der Waals surface area contributed by atoms with E-state index < -0.39 is 15.1 Å². The van der Waals surface area contributed by atoms with E-state index in [4.69, 9.17) is 20.8 Å². The van der Waals surface area contributed by atoms with E-state index in [0.29, 0.717) is 6.61 Å². The van der Waals surface area contributed by atoms with Crippen molar-refractivity contribution in [1.29, 1.82) is 0 Å². The number of hydrogen-bond donors (Lipinski definition) is 0. The summed E-state index contributed by atoms with van der Waals surface area (Å²) in [6, 6.07) is 20.8. The monoisotopic (exact) mass is 526 g/mol. The first kappa shape index (κ1) is 30.3. The van der Waals surface area contributed by atoms with Gasteiger partial charge >= 0.3 is 15.1 Å². The highest BCUT2D eigenvalue weighted by molar-refractivity contribution is 6.37. The standard InChI is InChI=1S/C30H44O4.CH3O.Al/c31-29(21-13-3-1-2-5-15-23-33-25-27-17-9-7-10-18-27)30(32)22-14-4-6-16-24-34-26-28-19-11-8-12-20-28;1-2;/h7-12,17-20,29-30H,1-6,13-16,21-26H2;1H3;/q-2;-1;+2/t29-,30+;;/m0../s1. The molecular formula is C31H47AlO5-. The smallest absolute Gasteiger partial charge is 0.559 e. The molecule has 1 heterocycles. The van der Waals surface area contributed by atoms with Crippen LogP contribution in [0, 0.1) is 0 Å². The first-order valence-corrected chi connectivity index (χ1v) is 15.8. The fourth-order valence-electron chi connectivity index (χ4n) is 4.80. The predicted molar refractivity (Wildman–Crippen MR) is 150 cm³/mol. The van der Waals surface area contributed by atoms with Gasteiger partial charge in [-0.05, 0) is 43.9 Å². The van der Waals surface area contributed by atoms with E-state index in [2.05, 4.69) is 48.5 Å². The third-order valence-electron chi connectivity index (χ3n) is 6.96. The fraction of sp³-hybridized carbons (Fsp3) is 0.613. The molecule has 6 heteroatoms. The number of unbranched alkanes of at least 4 members (excludes halogenated alkanes) is 8. The van der Waals surface area contributed by atoms with Crippen LogP contribution in [0.25, 0.3) is 0 Å². The normalized spacial score (nSPS) is 18.0. The van der Waals surface area contributed by atoms with E-state index in [0.717, 1.165) is 45.5 Å². The maximum Gasteiger partial charge on any atom is 0.559 e. The van der Waals surface area contributed by atoms with E-state index in [1.54, 1.807) is 7.11 Å². The van der Waals surface area contributed by atoms with E-state index in [1.165, 1.54) is 62.5 Å². The summed E-state index contributed by atoms with van der Waals surface area (Å²) in [6.07, 6.45) is 14.8. The quantitative estimate of drug-likeness (QED) is 0.124. The number of benzene rings is 2. The molecule has 0 aliphatic carbocycles. The van der Waals surface area contributed by atoms with Crippen LogP contribution < -0.4 is 0 Å². The fourth-order valence-corrected chi connectivity index (χ4v) is 6.28. The maximum atomic E-state index is 6.14. The SMILES string of the molecule is C[O][Al-]1[O][C@@H](CCCCCCCCOCc2ccccc2)[C@@H](CCCCCCOCc2ccccc2)[O]1. The molecule has 2 aromatic carbocycles. The molecule has 37 heavy (non-hydrogen) atoms. The van der Waals surface area contributed by atoms with E-state index >= 15 is 0 Å². The highest BCUT2D eigenvalue weighted by Gasteiger charge is 2.30. The van der Waals surface area contributed by atoms with Crippen molar-refractivity contribution in [3.05, 3.63) is 71.8 Å². The molecule has 0 bridgehead atoms. The van der Waals surface area contributed by atoms with Crippen LogP contribution in [0.1, 0.15) is 88.2 Å². The zero-order valence-electron chi connectivity index (χ0n) is 22.9. The number of ether oxygens (including phenoxy) is 2. The Labute approximate surface area is 230 Å². The third kappa shape index (κ3) is 13.4. The van der Waals surface area contributed by atoms with Gasteiger partial charge in [0.2, 0.25) is 0 Å². The average Bonchev–Trinajstić information content (AvgIpc) is 3.34. The summed E-state index contributed by atoms with van der Waals surface area (Å²) < 4.78 is 29.3. The van der Waals surface area contributed by atoms with Gasteiger partial charge in [0, 0.05) is 25.4 Å². The van der Waals surface area contributed by atoms with Crippen molar-refractivity contribution >= 4 is 15.1 Å². The van der Waals surface area contributed by atoms with Gasteiger partial charge in [-0.2, -0.15) is 0 Å². The van der Waals surface area contributed by atoms with Crippen LogP contribution in [-0.2, 0) is 34.1 Å². The molecule has 1 saturated heterocycles. The van der Waals surface area contributed by atoms with Gasteiger partial charge in [0.25, 0.3) is 0 Å². The highest BCUT2D eigenvalue weighted by Crippen LogP contribution is 2.26. The molecule has 0 spiro atoms. The largest absolute Gasteiger partial charge is 0.636 e. The molecule has 0 unspecified atom stereocenters. The molecule has 1 aliphatic heterocycles. The number of rotatable bonds is 21. The lowest BCUT2D eigenvalue weighted by atomic mass is 10.00. The molecule has 1 aliphatic rings. The lowest BCUT2D eigenvalue weighted by Gasteiger charge is -2.24. The van der Waals surface area contributed by atoms with Crippen LogP contribution in [0.4, 0.5) is 0 Å². The molecule has 2 atom stereocenters. The Bertz CT molecular complexity index is 791. The molecule has 1 fully saturated rings. The van der Waals surface area contributed by atoms with Gasteiger partial charge in [0.15, 0.2) is 0 Å². The van der Waals surface area contributed by atoms with Crippen molar-refractivity contribution in [2.75, 3.05) is 20.3 Å². The van der Waals surface area contributed by atoms with Crippen molar-refractivity contribution < 1.29 is 20.8 Å². The highest BCUT2D eigenvalue weighted by atomic mass is 27.3. The van der Waals surface area contributed by atoms with Gasteiger partial charge in [-0.15, -0.1) is 0 Å². The Hall–Kier alpha value is -1.23. The maximum absolute atomic E-state index is 6.14. The second kappa shape index (κ2) is 19.8. The Morgan fingerprint density at radius 1 is 0.568 bits per heavy atom. The molecule has 0 N–H and O–H groups in total. The molecule has 3 rings (SSSR count). The van der Waals surface area contributed by atoms with Crippen LogP contribution in [0.2, 0.25) is 0 Å². The second-order valence-corrected chi connectivity index (χ2v) is 11.7. The molecular weight excluding hydrogens is 479 g/mol. The molecule has 2 aromatic rings. The summed E-state index contributed by atoms with van der Waals surface area (Å²) in [5, 5.41) is 0. The summed E-state index contributed by atoms with van der Waals surface area (Å²) in [5.74, 6) is 0.